The molecule has 33 heavy (non-hydrogen) atoms. The first-order valence-electron chi connectivity index (χ1n) is 10.7. The summed E-state index contributed by atoms with van der Waals surface area (Å²) < 4.78 is 11.1. The minimum atomic E-state index is -1.26. The maximum atomic E-state index is 12.1. The van der Waals surface area contributed by atoms with Crippen LogP contribution in [-0.2, 0) is 9.53 Å². The Morgan fingerprint density at radius 3 is 2.24 bits per heavy atom. The lowest BCUT2D eigenvalue weighted by Gasteiger charge is -2.48. The Balaban J connectivity index is 1.79. The minimum Gasteiger partial charge on any atom is -0.478 e. The van der Waals surface area contributed by atoms with Crippen molar-refractivity contribution >= 4 is 31.8 Å². The molecular weight excluding hydrogens is 448 g/mol. The fourth-order valence-corrected chi connectivity index (χ4v) is 4.95. The summed E-state index contributed by atoms with van der Waals surface area (Å²) >= 11 is 0. The molecule has 0 radical (unpaired) electrons. The molecule has 0 aliphatic carbocycles. The third-order valence-corrected chi connectivity index (χ3v) is 7.59. The number of aliphatic carboxylic acids is 1. The van der Waals surface area contributed by atoms with Crippen LogP contribution >= 0.6 is 0 Å². The van der Waals surface area contributed by atoms with Gasteiger partial charge in [0.1, 0.15) is 5.75 Å². The van der Waals surface area contributed by atoms with Gasteiger partial charge >= 0.3 is 18.2 Å². The molecule has 0 spiro atoms. The zero-order chi connectivity index (χ0) is 24.3. The van der Waals surface area contributed by atoms with Gasteiger partial charge in [0.15, 0.2) is 6.79 Å². The number of hydrogen-bond donors (Lipinski definition) is 3. The standard InChI is InChI=1S/C22H30N2O8Si/c1-33(2,3)9-8-31-13-32-16-6-4-14(5-7-16)17-10-15-11-23(21(27)28)12-18(19(17)20(25)26)24(15)22(29)30/h4-7,15,18H,8-13H2,1-3H3,(H,25,26)(H,27,28)(H,29,30)/t15-,18-/m1/s1. The summed E-state index contributed by atoms with van der Waals surface area (Å²) in [5.74, 6) is -0.687. The van der Waals surface area contributed by atoms with E-state index >= 15 is 0 Å². The SMILES string of the molecule is C[Si](C)(C)CCOCOc1ccc(C2=C(C(=O)O)[C@H]3CN(C(=O)O)C[C@@H](C2)N3C(=O)O)cc1. The Kier molecular flexibility index (Phi) is 7.33. The van der Waals surface area contributed by atoms with E-state index in [2.05, 4.69) is 19.6 Å². The summed E-state index contributed by atoms with van der Waals surface area (Å²) in [6.07, 6.45) is -2.35. The highest BCUT2D eigenvalue weighted by atomic mass is 28.3. The number of hydrogen-bond acceptors (Lipinski definition) is 5. The van der Waals surface area contributed by atoms with Crippen LogP contribution in [0.2, 0.25) is 25.7 Å². The average molecular weight is 479 g/mol. The lowest BCUT2D eigenvalue weighted by atomic mass is 9.82. The Labute approximate surface area is 193 Å². The van der Waals surface area contributed by atoms with Gasteiger partial charge in [-0.3, -0.25) is 4.90 Å². The number of fused-ring (bicyclic) bond motifs is 2. The fourth-order valence-electron chi connectivity index (χ4n) is 4.20. The Morgan fingerprint density at radius 1 is 1.03 bits per heavy atom. The number of benzene rings is 1. The second-order valence-corrected chi connectivity index (χ2v) is 15.1. The molecule has 10 nitrogen and oxygen atoms in total. The lowest BCUT2D eigenvalue weighted by molar-refractivity contribution is -0.133. The number of rotatable bonds is 8. The first-order chi connectivity index (χ1) is 15.5. The van der Waals surface area contributed by atoms with Gasteiger partial charge in [-0.05, 0) is 35.7 Å². The maximum absolute atomic E-state index is 12.1. The van der Waals surface area contributed by atoms with Gasteiger partial charge in [-0.25, -0.2) is 14.4 Å². The zero-order valence-electron chi connectivity index (χ0n) is 19.0. The number of nitrogens with zero attached hydrogens (tertiary/aromatic N) is 2. The molecule has 2 atom stereocenters. The summed E-state index contributed by atoms with van der Waals surface area (Å²) in [4.78, 5) is 37.6. The average Bonchev–Trinajstić information content (AvgIpc) is 2.71. The molecule has 1 fully saturated rings. The van der Waals surface area contributed by atoms with Crippen LogP contribution < -0.4 is 4.74 Å². The van der Waals surface area contributed by atoms with Crippen LogP contribution in [0.5, 0.6) is 5.75 Å². The number of ether oxygens (including phenoxy) is 2. The Bertz CT molecular complexity index is 941. The van der Waals surface area contributed by atoms with Crippen LogP contribution in [0.25, 0.3) is 5.57 Å². The van der Waals surface area contributed by atoms with E-state index in [1.165, 1.54) is 0 Å². The van der Waals surface area contributed by atoms with Crippen molar-refractivity contribution in [3.05, 3.63) is 35.4 Å². The number of carbonyl (C=O) groups is 3. The summed E-state index contributed by atoms with van der Waals surface area (Å²) in [7, 11) is -1.17. The highest BCUT2D eigenvalue weighted by Gasteiger charge is 2.47. The van der Waals surface area contributed by atoms with Crippen molar-refractivity contribution in [1.29, 1.82) is 0 Å². The van der Waals surface area contributed by atoms with Crippen molar-refractivity contribution in [3.63, 3.8) is 0 Å². The molecule has 0 unspecified atom stereocenters. The first kappa shape index (κ1) is 24.6. The monoisotopic (exact) mass is 478 g/mol. The van der Waals surface area contributed by atoms with Crippen LogP contribution in [0.4, 0.5) is 9.59 Å². The Morgan fingerprint density at radius 2 is 1.70 bits per heavy atom. The van der Waals surface area contributed by atoms with E-state index in [0.717, 1.165) is 15.8 Å². The minimum absolute atomic E-state index is 0.00944. The maximum Gasteiger partial charge on any atom is 0.408 e. The molecule has 2 amide bonds. The normalized spacial score (nSPS) is 20.6. The molecule has 180 valence electrons. The van der Waals surface area contributed by atoms with Gasteiger partial charge in [0.05, 0.1) is 17.7 Å². The molecule has 2 heterocycles. The van der Waals surface area contributed by atoms with Gasteiger partial charge in [0.2, 0.25) is 0 Å². The Hall–Kier alpha value is -3.05. The number of piperazine rings is 1. The van der Waals surface area contributed by atoms with Gasteiger partial charge in [0, 0.05) is 27.8 Å². The molecular formula is C22H30N2O8Si. The molecule has 1 aromatic carbocycles. The number of carboxylic acid groups (broad SMARTS) is 3. The predicted molar refractivity (Wildman–Crippen MR) is 122 cm³/mol. The van der Waals surface area contributed by atoms with Crippen molar-refractivity contribution in [1.82, 2.24) is 9.80 Å². The van der Waals surface area contributed by atoms with Gasteiger partial charge < -0.3 is 29.7 Å². The van der Waals surface area contributed by atoms with Crippen molar-refractivity contribution in [2.75, 3.05) is 26.5 Å². The number of amides is 2. The van der Waals surface area contributed by atoms with Crippen molar-refractivity contribution in [3.8, 4) is 5.75 Å². The molecule has 1 aromatic rings. The third kappa shape index (κ3) is 5.85. The largest absolute Gasteiger partial charge is 0.478 e. The highest BCUT2D eigenvalue weighted by molar-refractivity contribution is 6.76. The molecule has 11 heteroatoms. The molecule has 0 aromatic heterocycles. The second-order valence-electron chi connectivity index (χ2n) is 9.45. The van der Waals surface area contributed by atoms with Crippen LogP contribution in [0.1, 0.15) is 12.0 Å². The predicted octanol–water partition coefficient (Wildman–Crippen LogP) is 3.33. The van der Waals surface area contributed by atoms with E-state index in [1.54, 1.807) is 24.3 Å². The molecule has 2 aliphatic heterocycles. The third-order valence-electron chi connectivity index (χ3n) is 5.88. The lowest BCUT2D eigenvalue weighted by Crippen LogP contribution is -2.64. The first-order valence-corrected chi connectivity index (χ1v) is 14.4. The quantitative estimate of drug-likeness (QED) is 0.294. The fraction of sp³-hybridized carbons (Fsp3) is 0.500. The van der Waals surface area contributed by atoms with E-state index in [9.17, 15) is 29.7 Å². The van der Waals surface area contributed by atoms with E-state index in [-0.39, 0.29) is 31.9 Å². The molecule has 3 N–H and O–H groups in total. The summed E-state index contributed by atoms with van der Waals surface area (Å²) in [5.41, 5.74) is 1.06. The summed E-state index contributed by atoms with van der Waals surface area (Å²) in [6.45, 7) is 7.33. The summed E-state index contributed by atoms with van der Waals surface area (Å²) in [6, 6.07) is 6.20. The van der Waals surface area contributed by atoms with Crippen molar-refractivity contribution < 1.29 is 39.2 Å². The van der Waals surface area contributed by atoms with E-state index < -0.39 is 38.3 Å². The molecule has 0 saturated carbocycles. The summed E-state index contributed by atoms with van der Waals surface area (Å²) in [5, 5.41) is 28.9. The topological polar surface area (TPSA) is 137 Å². The van der Waals surface area contributed by atoms with Crippen LogP contribution in [0.3, 0.4) is 0 Å². The zero-order valence-corrected chi connectivity index (χ0v) is 20.0. The highest BCUT2D eigenvalue weighted by Crippen LogP contribution is 2.38. The van der Waals surface area contributed by atoms with E-state index in [0.29, 0.717) is 23.5 Å². The number of carboxylic acids is 1. The van der Waals surface area contributed by atoms with Gasteiger partial charge in [0.25, 0.3) is 0 Å². The van der Waals surface area contributed by atoms with Gasteiger partial charge in [-0.15, -0.1) is 0 Å². The van der Waals surface area contributed by atoms with Crippen LogP contribution in [-0.4, -0.2) is 89.9 Å². The van der Waals surface area contributed by atoms with E-state index in [4.69, 9.17) is 9.47 Å². The van der Waals surface area contributed by atoms with Crippen LogP contribution in [0, 0.1) is 0 Å². The van der Waals surface area contributed by atoms with Crippen LogP contribution in [0.15, 0.2) is 29.8 Å². The smallest absolute Gasteiger partial charge is 0.408 e. The van der Waals surface area contributed by atoms with E-state index in [1.807, 2.05) is 0 Å². The van der Waals surface area contributed by atoms with Gasteiger partial charge in [-0.1, -0.05) is 31.8 Å². The molecule has 3 rings (SSSR count). The molecule has 2 aliphatic rings. The molecule has 1 saturated heterocycles. The van der Waals surface area contributed by atoms with Gasteiger partial charge in [-0.2, -0.15) is 0 Å². The molecule has 2 bridgehead atoms. The van der Waals surface area contributed by atoms with Crippen molar-refractivity contribution in [2.24, 2.45) is 0 Å². The second kappa shape index (κ2) is 9.83. The van der Waals surface area contributed by atoms with Crippen molar-refractivity contribution in [2.45, 2.75) is 44.2 Å².